The van der Waals surface area contributed by atoms with Crippen LogP contribution in [0.2, 0.25) is 0 Å². The van der Waals surface area contributed by atoms with Crippen molar-refractivity contribution in [3.05, 3.63) is 24.3 Å². The maximum atomic E-state index is 5.77. The van der Waals surface area contributed by atoms with Crippen LogP contribution in [0.4, 0.5) is 0 Å². The van der Waals surface area contributed by atoms with Gasteiger partial charge in [-0.25, -0.2) is 0 Å². The zero-order chi connectivity index (χ0) is 12.6. The highest BCUT2D eigenvalue weighted by molar-refractivity contribution is 5.32. The zero-order valence-electron chi connectivity index (χ0n) is 11.2. The van der Waals surface area contributed by atoms with Crippen LogP contribution in [-0.2, 0) is 0 Å². The summed E-state index contributed by atoms with van der Waals surface area (Å²) < 4.78 is 10.9. The number of methoxy groups -OCH3 is 1. The monoisotopic (exact) mass is 249 g/mol. The summed E-state index contributed by atoms with van der Waals surface area (Å²) in [5.74, 6) is 1.74. The van der Waals surface area contributed by atoms with Gasteiger partial charge in [0.1, 0.15) is 18.1 Å². The smallest absolute Gasteiger partial charge is 0.123 e. The summed E-state index contributed by atoms with van der Waals surface area (Å²) >= 11 is 0. The number of hydrogen-bond acceptors (Lipinski definition) is 3. The minimum atomic E-state index is 0.757. The Bertz CT molecular complexity index is 346. The fourth-order valence-electron chi connectivity index (χ4n) is 2.34. The van der Waals surface area contributed by atoms with E-state index in [1.54, 1.807) is 7.11 Å². The minimum absolute atomic E-state index is 0.757. The Morgan fingerprint density at radius 3 is 2.50 bits per heavy atom. The van der Waals surface area contributed by atoms with Gasteiger partial charge in [-0.1, -0.05) is 18.9 Å². The standard InChI is InChI=1S/C15H23NO2/c1-17-14-7-6-8-15(13-14)18-12-11-16-9-4-2-3-5-10-16/h6-8,13H,2-5,9-12H2,1H3. The van der Waals surface area contributed by atoms with E-state index >= 15 is 0 Å². The van der Waals surface area contributed by atoms with Crippen LogP contribution in [-0.4, -0.2) is 38.3 Å². The number of ether oxygens (including phenoxy) is 2. The van der Waals surface area contributed by atoms with E-state index in [0.29, 0.717) is 0 Å². The lowest BCUT2D eigenvalue weighted by molar-refractivity contribution is 0.213. The Labute approximate surface area is 110 Å². The van der Waals surface area contributed by atoms with E-state index in [4.69, 9.17) is 9.47 Å². The van der Waals surface area contributed by atoms with Crippen molar-refractivity contribution in [3.8, 4) is 11.5 Å². The van der Waals surface area contributed by atoms with Crippen molar-refractivity contribution < 1.29 is 9.47 Å². The Morgan fingerprint density at radius 1 is 1.06 bits per heavy atom. The molecule has 0 radical (unpaired) electrons. The van der Waals surface area contributed by atoms with Crippen molar-refractivity contribution in [2.24, 2.45) is 0 Å². The van der Waals surface area contributed by atoms with Crippen LogP contribution in [0.15, 0.2) is 24.3 Å². The molecule has 1 aromatic carbocycles. The SMILES string of the molecule is COc1cccc(OCCN2CCCCCC2)c1. The molecule has 1 heterocycles. The number of hydrogen-bond donors (Lipinski definition) is 0. The Morgan fingerprint density at radius 2 is 1.78 bits per heavy atom. The summed E-state index contributed by atoms with van der Waals surface area (Å²) in [6.07, 6.45) is 5.43. The second kappa shape index (κ2) is 7.27. The normalized spacial score (nSPS) is 17.2. The Kier molecular flexibility index (Phi) is 5.34. The number of nitrogens with zero attached hydrogens (tertiary/aromatic N) is 1. The van der Waals surface area contributed by atoms with E-state index in [0.717, 1.165) is 24.7 Å². The van der Waals surface area contributed by atoms with Crippen molar-refractivity contribution in [2.45, 2.75) is 25.7 Å². The van der Waals surface area contributed by atoms with Gasteiger partial charge in [0, 0.05) is 12.6 Å². The highest BCUT2D eigenvalue weighted by Gasteiger charge is 2.08. The predicted octanol–water partition coefficient (Wildman–Crippen LogP) is 2.95. The van der Waals surface area contributed by atoms with Gasteiger partial charge in [0.05, 0.1) is 7.11 Å². The maximum Gasteiger partial charge on any atom is 0.123 e. The lowest BCUT2D eigenvalue weighted by Gasteiger charge is -2.19. The summed E-state index contributed by atoms with van der Waals surface area (Å²) in [5, 5.41) is 0. The van der Waals surface area contributed by atoms with Crippen molar-refractivity contribution >= 4 is 0 Å². The molecule has 0 bridgehead atoms. The predicted molar refractivity (Wildman–Crippen MR) is 73.4 cm³/mol. The molecule has 0 unspecified atom stereocenters. The summed E-state index contributed by atoms with van der Waals surface area (Å²) in [6, 6.07) is 7.80. The van der Waals surface area contributed by atoms with Crippen molar-refractivity contribution in [1.29, 1.82) is 0 Å². The first-order valence-corrected chi connectivity index (χ1v) is 6.88. The Balaban J connectivity index is 1.73. The van der Waals surface area contributed by atoms with Crippen LogP contribution < -0.4 is 9.47 Å². The molecular weight excluding hydrogens is 226 g/mol. The van der Waals surface area contributed by atoms with Gasteiger partial charge < -0.3 is 9.47 Å². The van der Waals surface area contributed by atoms with Crippen LogP contribution >= 0.6 is 0 Å². The fourth-order valence-corrected chi connectivity index (χ4v) is 2.34. The molecule has 18 heavy (non-hydrogen) atoms. The van der Waals surface area contributed by atoms with Gasteiger partial charge in [-0.05, 0) is 38.1 Å². The van der Waals surface area contributed by atoms with E-state index in [1.165, 1.54) is 38.8 Å². The summed E-state index contributed by atoms with van der Waals surface area (Å²) in [6.45, 7) is 4.23. The van der Waals surface area contributed by atoms with Crippen molar-refractivity contribution in [2.75, 3.05) is 33.4 Å². The van der Waals surface area contributed by atoms with Crippen molar-refractivity contribution in [3.63, 3.8) is 0 Å². The Hall–Kier alpha value is -1.22. The van der Waals surface area contributed by atoms with Gasteiger partial charge in [-0.3, -0.25) is 4.90 Å². The molecule has 1 saturated heterocycles. The first-order valence-electron chi connectivity index (χ1n) is 6.88. The lowest BCUT2D eigenvalue weighted by atomic mass is 10.2. The van der Waals surface area contributed by atoms with Crippen molar-refractivity contribution in [1.82, 2.24) is 4.90 Å². The fraction of sp³-hybridized carbons (Fsp3) is 0.600. The van der Waals surface area contributed by atoms with E-state index in [2.05, 4.69) is 4.90 Å². The zero-order valence-corrected chi connectivity index (χ0v) is 11.2. The molecule has 2 rings (SSSR count). The van der Waals surface area contributed by atoms with E-state index in [-0.39, 0.29) is 0 Å². The first kappa shape index (κ1) is 13.2. The van der Waals surface area contributed by atoms with E-state index < -0.39 is 0 Å². The molecule has 0 aliphatic carbocycles. The molecule has 0 atom stereocenters. The number of likely N-dealkylation sites (tertiary alicyclic amines) is 1. The van der Waals surface area contributed by atoms with Crippen LogP contribution in [0.25, 0.3) is 0 Å². The molecule has 0 N–H and O–H groups in total. The molecule has 0 saturated carbocycles. The third-order valence-electron chi connectivity index (χ3n) is 3.42. The van der Waals surface area contributed by atoms with E-state index in [1.807, 2.05) is 24.3 Å². The third kappa shape index (κ3) is 4.22. The number of rotatable bonds is 5. The molecule has 100 valence electrons. The van der Waals surface area contributed by atoms with Crippen LogP contribution in [0.3, 0.4) is 0 Å². The minimum Gasteiger partial charge on any atom is -0.497 e. The molecule has 0 aromatic heterocycles. The molecule has 3 nitrogen and oxygen atoms in total. The number of benzene rings is 1. The van der Waals surface area contributed by atoms with Crippen LogP contribution in [0, 0.1) is 0 Å². The summed E-state index contributed by atoms with van der Waals surface area (Å²) in [7, 11) is 1.68. The average Bonchev–Trinajstić information content (AvgIpc) is 2.68. The van der Waals surface area contributed by atoms with Gasteiger partial charge in [-0.15, -0.1) is 0 Å². The maximum absolute atomic E-state index is 5.77. The molecule has 1 aliphatic heterocycles. The molecular formula is C15H23NO2. The lowest BCUT2D eigenvalue weighted by Crippen LogP contribution is -2.29. The molecule has 0 amide bonds. The molecule has 1 fully saturated rings. The van der Waals surface area contributed by atoms with Gasteiger partial charge in [0.15, 0.2) is 0 Å². The quantitative estimate of drug-likeness (QED) is 0.801. The van der Waals surface area contributed by atoms with Gasteiger partial charge in [-0.2, -0.15) is 0 Å². The molecule has 1 aliphatic rings. The van der Waals surface area contributed by atoms with E-state index in [9.17, 15) is 0 Å². The second-order valence-corrected chi connectivity index (χ2v) is 4.78. The first-order chi connectivity index (χ1) is 8.88. The highest BCUT2D eigenvalue weighted by atomic mass is 16.5. The third-order valence-corrected chi connectivity index (χ3v) is 3.42. The van der Waals surface area contributed by atoms with Crippen LogP contribution in [0.5, 0.6) is 11.5 Å². The second-order valence-electron chi connectivity index (χ2n) is 4.78. The van der Waals surface area contributed by atoms with Gasteiger partial charge >= 0.3 is 0 Å². The summed E-state index contributed by atoms with van der Waals surface area (Å²) in [5.41, 5.74) is 0. The average molecular weight is 249 g/mol. The largest absolute Gasteiger partial charge is 0.497 e. The molecule has 1 aromatic rings. The topological polar surface area (TPSA) is 21.7 Å². The van der Waals surface area contributed by atoms with Gasteiger partial charge in [0.25, 0.3) is 0 Å². The highest BCUT2D eigenvalue weighted by Crippen LogP contribution is 2.18. The molecule has 0 spiro atoms. The molecule has 3 heteroatoms. The van der Waals surface area contributed by atoms with Gasteiger partial charge in [0.2, 0.25) is 0 Å². The van der Waals surface area contributed by atoms with Crippen LogP contribution in [0.1, 0.15) is 25.7 Å². The summed E-state index contributed by atoms with van der Waals surface area (Å²) in [4.78, 5) is 2.51.